The van der Waals surface area contributed by atoms with Crippen LogP contribution in [0.3, 0.4) is 0 Å². The Bertz CT molecular complexity index is 754. The molecule has 135 valence electrons. The van der Waals surface area contributed by atoms with Gasteiger partial charge in [0.05, 0.1) is 0 Å². The Kier molecular flexibility index (Phi) is 5.40. The van der Waals surface area contributed by atoms with Gasteiger partial charge in [-0.2, -0.15) is 0 Å². The molecule has 0 fully saturated rings. The molecule has 1 amide bonds. The van der Waals surface area contributed by atoms with E-state index in [9.17, 15) is 9.59 Å². The average Bonchev–Trinajstić information content (AvgIpc) is 2.97. The minimum Gasteiger partial charge on any atom is -0.448 e. The number of likely N-dealkylation sites (N-methyl/N-ethyl adjacent to an activating group) is 1. The SMILES string of the molecule is CC(C)C[C@@H]([C]=O)N(C)C(=O)OCC1c2ccccc2-c2ccccc21. The number of rotatable bonds is 6. The van der Waals surface area contributed by atoms with E-state index in [1.165, 1.54) is 27.2 Å². The summed E-state index contributed by atoms with van der Waals surface area (Å²) in [5.41, 5.74) is 4.72. The molecule has 4 heteroatoms. The predicted molar refractivity (Wildman–Crippen MR) is 102 cm³/mol. The predicted octanol–water partition coefficient (Wildman–Crippen LogP) is 4.39. The summed E-state index contributed by atoms with van der Waals surface area (Å²) in [6, 6.07) is 15.8. The molecule has 1 atom stereocenters. The van der Waals surface area contributed by atoms with Gasteiger partial charge in [-0.05, 0) is 34.6 Å². The normalized spacial score (nSPS) is 13.8. The van der Waals surface area contributed by atoms with Gasteiger partial charge < -0.3 is 9.64 Å². The molecule has 0 N–H and O–H groups in total. The summed E-state index contributed by atoms with van der Waals surface area (Å²) in [6.45, 7) is 4.27. The number of amides is 1. The molecule has 0 bridgehead atoms. The van der Waals surface area contributed by atoms with E-state index in [1.807, 2.05) is 44.4 Å². The van der Waals surface area contributed by atoms with Crippen molar-refractivity contribution in [1.29, 1.82) is 0 Å². The summed E-state index contributed by atoms with van der Waals surface area (Å²) in [4.78, 5) is 25.0. The van der Waals surface area contributed by atoms with Crippen molar-refractivity contribution in [3.63, 3.8) is 0 Å². The van der Waals surface area contributed by atoms with Crippen molar-refractivity contribution in [3.05, 3.63) is 59.7 Å². The highest BCUT2D eigenvalue weighted by molar-refractivity contribution is 5.79. The fourth-order valence-corrected chi connectivity index (χ4v) is 3.55. The van der Waals surface area contributed by atoms with Crippen LogP contribution in [0.25, 0.3) is 11.1 Å². The maximum atomic E-state index is 12.4. The lowest BCUT2D eigenvalue weighted by Gasteiger charge is -2.25. The Morgan fingerprint density at radius 2 is 1.62 bits per heavy atom. The van der Waals surface area contributed by atoms with Gasteiger partial charge in [0.25, 0.3) is 0 Å². The molecule has 26 heavy (non-hydrogen) atoms. The molecule has 0 saturated heterocycles. The zero-order valence-electron chi connectivity index (χ0n) is 15.4. The number of carbonyl (C=O) groups excluding carboxylic acids is 2. The lowest BCUT2D eigenvalue weighted by atomic mass is 9.98. The number of hydrogen-bond acceptors (Lipinski definition) is 3. The molecule has 4 nitrogen and oxygen atoms in total. The lowest BCUT2D eigenvalue weighted by Crippen LogP contribution is -2.39. The third-order valence-electron chi connectivity index (χ3n) is 4.92. The van der Waals surface area contributed by atoms with E-state index in [2.05, 4.69) is 24.3 Å². The van der Waals surface area contributed by atoms with E-state index in [-0.39, 0.29) is 12.5 Å². The Hall–Kier alpha value is -2.62. The maximum absolute atomic E-state index is 12.4. The van der Waals surface area contributed by atoms with E-state index in [4.69, 9.17) is 4.74 Å². The molecule has 2 aromatic rings. The van der Waals surface area contributed by atoms with Gasteiger partial charge >= 0.3 is 6.09 Å². The second-order valence-corrected chi connectivity index (χ2v) is 7.18. The second kappa shape index (κ2) is 7.73. The molecular weight excluding hydrogens is 326 g/mol. The number of benzene rings is 2. The Labute approximate surface area is 154 Å². The summed E-state index contributed by atoms with van der Waals surface area (Å²) < 4.78 is 5.57. The highest BCUT2D eigenvalue weighted by atomic mass is 16.6. The highest BCUT2D eigenvalue weighted by Crippen LogP contribution is 2.44. The molecule has 1 radical (unpaired) electrons. The monoisotopic (exact) mass is 350 g/mol. The highest BCUT2D eigenvalue weighted by Gasteiger charge is 2.30. The van der Waals surface area contributed by atoms with Crippen LogP contribution in [0, 0.1) is 5.92 Å². The van der Waals surface area contributed by atoms with Crippen molar-refractivity contribution >= 4 is 12.4 Å². The number of ether oxygens (including phenoxy) is 1. The minimum atomic E-state index is -0.578. The van der Waals surface area contributed by atoms with Gasteiger partial charge in [-0.1, -0.05) is 62.4 Å². The topological polar surface area (TPSA) is 46.6 Å². The molecule has 3 rings (SSSR count). The van der Waals surface area contributed by atoms with Gasteiger partial charge in [0.2, 0.25) is 6.29 Å². The van der Waals surface area contributed by atoms with Crippen LogP contribution < -0.4 is 0 Å². The first-order valence-corrected chi connectivity index (χ1v) is 8.98. The van der Waals surface area contributed by atoms with E-state index >= 15 is 0 Å². The third kappa shape index (κ3) is 3.50. The maximum Gasteiger partial charge on any atom is 0.410 e. The van der Waals surface area contributed by atoms with Gasteiger partial charge in [-0.3, -0.25) is 4.79 Å². The number of hydrogen-bond donors (Lipinski definition) is 0. The van der Waals surface area contributed by atoms with E-state index in [1.54, 1.807) is 7.05 Å². The lowest BCUT2D eigenvalue weighted by molar-refractivity contribution is 0.0997. The third-order valence-corrected chi connectivity index (χ3v) is 4.92. The van der Waals surface area contributed by atoms with Crippen LogP contribution in [-0.4, -0.2) is 37.0 Å². The smallest absolute Gasteiger partial charge is 0.410 e. The first-order valence-electron chi connectivity index (χ1n) is 8.98. The van der Waals surface area contributed by atoms with Gasteiger partial charge in [0.15, 0.2) is 0 Å². The quantitative estimate of drug-likeness (QED) is 0.776. The van der Waals surface area contributed by atoms with Crippen molar-refractivity contribution in [2.45, 2.75) is 32.2 Å². The van der Waals surface area contributed by atoms with Gasteiger partial charge in [-0.15, -0.1) is 0 Å². The Balaban J connectivity index is 1.73. The zero-order chi connectivity index (χ0) is 18.7. The fraction of sp³-hybridized carbons (Fsp3) is 0.364. The van der Waals surface area contributed by atoms with Crippen molar-refractivity contribution in [3.8, 4) is 11.1 Å². The largest absolute Gasteiger partial charge is 0.448 e. The Morgan fingerprint density at radius 1 is 1.08 bits per heavy atom. The first-order chi connectivity index (χ1) is 12.5. The van der Waals surface area contributed by atoms with Crippen molar-refractivity contribution in [2.24, 2.45) is 5.92 Å². The van der Waals surface area contributed by atoms with Crippen molar-refractivity contribution in [2.75, 3.05) is 13.7 Å². The van der Waals surface area contributed by atoms with Gasteiger partial charge in [-0.25, -0.2) is 4.79 Å². The molecule has 2 aromatic carbocycles. The Morgan fingerprint density at radius 3 is 2.12 bits per heavy atom. The molecule has 1 aliphatic carbocycles. The standard InChI is InChI=1S/C22H24NO3/c1-15(2)12-16(13-24)23(3)22(25)26-14-21-19-10-6-4-8-17(19)18-9-5-7-11-20(18)21/h4-11,15-16,21H,12,14H2,1-3H3/t16-/m0/s1. The van der Waals surface area contributed by atoms with Crippen LogP contribution in [0.1, 0.15) is 37.3 Å². The molecule has 0 aliphatic heterocycles. The van der Waals surface area contributed by atoms with E-state index < -0.39 is 12.1 Å². The molecule has 0 unspecified atom stereocenters. The van der Waals surface area contributed by atoms with Crippen LogP contribution in [0.5, 0.6) is 0 Å². The summed E-state index contributed by atoms with van der Waals surface area (Å²) in [5, 5.41) is 0. The molecule has 0 saturated carbocycles. The second-order valence-electron chi connectivity index (χ2n) is 7.18. The van der Waals surface area contributed by atoms with Crippen LogP contribution in [0.15, 0.2) is 48.5 Å². The summed E-state index contributed by atoms with van der Waals surface area (Å²) in [7, 11) is 1.59. The van der Waals surface area contributed by atoms with Gasteiger partial charge in [0.1, 0.15) is 12.6 Å². The number of carbonyl (C=O) groups is 1. The molecule has 0 spiro atoms. The minimum absolute atomic E-state index is 0.0171. The van der Waals surface area contributed by atoms with Gasteiger partial charge in [0, 0.05) is 13.0 Å². The van der Waals surface area contributed by atoms with E-state index in [0.717, 1.165) is 0 Å². The first kappa shape index (κ1) is 18.2. The molecule has 0 heterocycles. The molecule has 1 aliphatic rings. The van der Waals surface area contributed by atoms with Crippen LogP contribution >= 0.6 is 0 Å². The average molecular weight is 350 g/mol. The van der Waals surface area contributed by atoms with E-state index in [0.29, 0.717) is 12.3 Å². The summed E-state index contributed by atoms with van der Waals surface area (Å²) in [5.74, 6) is 0.314. The van der Waals surface area contributed by atoms with Crippen molar-refractivity contribution in [1.82, 2.24) is 4.90 Å². The van der Waals surface area contributed by atoms with Crippen LogP contribution in [0.4, 0.5) is 4.79 Å². The summed E-state index contributed by atoms with van der Waals surface area (Å²) in [6.07, 6.45) is 2.04. The zero-order valence-corrected chi connectivity index (χ0v) is 15.4. The van der Waals surface area contributed by atoms with Crippen molar-refractivity contribution < 1.29 is 14.3 Å². The fourth-order valence-electron chi connectivity index (χ4n) is 3.55. The number of nitrogens with zero attached hydrogens (tertiary/aromatic N) is 1. The van der Waals surface area contributed by atoms with Crippen LogP contribution in [-0.2, 0) is 9.53 Å². The molecule has 0 aromatic heterocycles. The number of fused-ring (bicyclic) bond motifs is 3. The molecular formula is C22H24NO3. The summed E-state index contributed by atoms with van der Waals surface area (Å²) >= 11 is 0. The van der Waals surface area contributed by atoms with Crippen LogP contribution in [0.2, 0.25) is 0 Å².